The molecule has 5 atom stereocenters. The number of rotatable bonds is 10. The number of aliphatic carboxylic acids is 1. The first-order chi connectivity index (χ1) is 15.4. The van der Waals surface area contributed by atoms with Gasteiger partial charge in [0.1, 0.15) is 18.1 Å². The maximum absolute atomic E-state index is 11.2. The van der Waals surface area contributed by atoms with Crippen molar-refractivity contribution < 1.29 is 39.5 Å². The molecule has 33 heavy (non-hydrogen) atoms. The Labute approximate surface area is 193 Å². The first kappa shape index (κ1) is 32.7. The summed E-state index contributed by atoms with van der Waals surface area (Å²) < 4.78 is 4.40. The number of aliphatic hydroxyl groups excluding tert-OH is 3. The number of carboxylic acids is 1. The van der Waals surface area contributed by atoms with Gasteiger partial charge in [-0.3, -0.25) is 4.79 Å². The second-order valence-corrected chi connectivity index (χ2v) is 7.21. The molecule has 1 aromatic rings. The van der Waals surface area contributed by atoms with E-state index in [0.29, 0.717) is 25.8 Å². The molecule has 0 saturated carbocycles. The van der Waals surface area contributed by atoms with Crippen LogP contribution in [0.4, 0.5) is 0 Å². The second-order valence-electron chi connectivity index (χ2n) is 7.21. The van der Waals surface area contributed by atoms with Gasteiger partial charge in [-0.05, 0) is 45.2 Å². The number of aliphatic hydroxyl groups is 3. The Kier molecular flexibility index (Phi) is 18.9. The molecule has 1 unspecified atom stereocenters. The van der Waals surface area contributed by atoms with Crippen LogP contribution in [0, 0.1) is 0 Å². The van der Waals surface area contributed by atoms with Crippen LogP contribution in [-0.2, 0) is 25.5 Å². The molecule has 0 fully saturated rings. The zero-order chi connectivity index (χ0) is 26.0. The number of ether oxygens (including phenoxy) is 1. The third-order valence-corrected chi connectivity index (χ3v) is 3.89. The Morgan fingerprint density at radius 3 is 1.88 bits per heavy atom. The Balaban J connectivity index is 0. The van der Waals surface area contributed by atoms with E-state index < -0.39 is 48.2 Å². The lowest BCUT2D eigenvalue weighted by Crippen LogP contribution is -2.44. The molecule has 1 aromatic carbocycles. The van der Waals surface area contributed by atoms with Gasteiger partial charge in [0.25, 0.3) is 0 Å². The van der Waals surface area contributed by atoms with Gasteiger partial charge in [0.05, 0.1) is 18.8 Å². The van der Waals surface area contributed by atoms with Crippen molar-refractivity contribution in [2.45, 2.75) is 63.4 Å². The predicted octanol–water partition coefficient (Wildman–Crippen LogP) is -2.17. The van der Waals surface area contributed by atoms with Gasteiger partial charge < -0.3 is 48.1 Å². The smallest absolute Gasteiger partial charge is 0.333 e. The van der Waals surface area contributed by atoms with Crippen molar-refractivity contribution in [1.29, 1.82) is 0 Å². The topological polar surface area (TPSA) is 245 Å². The average molecular weight is 475 g/mol. The molecule has 0 aromatic heterocycles. The van der Waals surface area contributed by atoms with Crippen LogP contribution in [0.3, 0.4) is 0 Å². The number of esters is 2. The number of hydrogen-bond acceptors (Lipinski definition) is 11. The largest absolute Gasteiger partial charge is 0.480 e. The highest BCUT2D eigenvalue weighted by molar-refractivity contribution is 5.90. The fraction of sp³-hybridized carbons (Fsp3) is 0.571. The van der Waals surface area contributed by atoms with Crippen molar-refractivity contribution in [3.63, 3.8) is 0 Å². The van der Waals surface area contributed by atoms with Crippen LogP contribution in [0.25, 0.3) is 0 Å². The van der Waals surface area contributed by atoms with E-state index in [1.165, 1.54) is 13.8 Å². The van der Waals surface area contributed by atoms with Crippen molar-refractivity contribution in [2.24, 2.45) is 22.9 Å². The second kappa shape index (κ2) is 19.1. The molecule has 190 valence electrons. The van der Waals surface area contributed by atoms with Crippen molar-refractivity contribution in [3.05, 3.63) is 35.9 Å². The number of carbonyl (C=O) groups is 3. The summed E-state index contributed by atoms with van der Waals surface area (Å²) in [5.41, 5.74) is 22.3. The maximum Gasteiger partial charge on any atom is 0.333 e. The highest BCUT2D eigenvalue weighted by Crippen LogP contribution is 2.01. The summed E-state index contributed by atoms with van der Waals surface area (Å²) >= 11 is 0. The van der Waals surface area contributed by atoms with Gasteiger partial charge in [-0.25, -0.2) is 9.59 Å². The third-order valence-electron chi connectivity index (χ3n) is 3.89. The maximum atomic E-state index is 11.2. The number of benzene rings is 1. The van der Waals surface area contributed by atoms with Crippen LogP contribution in [0.1, 0.15) is 32.3 Å². The SMILES string of the molecule is CC(O)CO.C[C@@H](O)[C@H](N)C(=O)OC(=O)[C@@H](N)CCCN.N[C@@H](Cc1ccccc1)C(=O)O. The molecule has 12 N–H and O–H groups in total. The molecular formula is C21H38N4O8. The minimum atomic E-state index is -1.24. The summed E-state index contributed by atoms with van der Waals surface area (Å²) in [6.45, 7) is 3.12. The molecule has 0 heterocycles. The van der Waals surface area contributed by atoms with Gasteiger partial charge in [-0.15, -0.1) is 0 Å². The van der Waals surface area contributed by atoms with Crippen LogP contribution in [-0.4, -0.2) is 81.8 Å². The predicted molar refractivity (Wildman–Crippen MR) is 122 cm³/mol. The van der Waals surface area contributed by atoms with E-state index in [1.807, 2.05) is 30.3 Å². The van der Waals surface area contributed by atoms with Gasteiger partial charge in [-0.2, -0.15) is 0 Å². The van der Waals surface area contributed by atoms with E-state index >= 15 is 0 Å². The molecule has 0 saturated heterocycles. The van der Waals surface area contributed by atoms with E-state index in [0.717, 1.165) is 5.56 Å². The normalized spacial score (nSPS) is 14.7. The molecule has 0 aliphatic heterocycles. The number of carbonyl (C=O) groups excluding carboxylic acids is 2. The lowest BCUT2D eigenvalue weighted by molar-refractivity contribution is -0.163. The van der Waals surface area contributed by atoms with Crippen LogP contribution >= 0.6 is 0 Å². The monoisotopic (exact) mass is 474 g/mol. The van der Waals surface area contributed by atoms with Crippen LogP contribution in [0.2, 0.25) is 0 Å². The fourth-order valence-electron chi connectivity index (χ4n) is 1.85. The van der Waals surface area contributed by atoms with Gasteiger partial charge in [0, 0.05) is 0 Å². The highest BCUT2D eigenvalue weighted by Gasteiger charge is 2.25. The number of hydrogen-bond donors (Lipinski definition) is 8. The molecule has 0 aliphatic rings. The molecule has 12 heteroatoms. The van der Waals surface area contributed by atoms with Crippen LogP contribution in [0.15, 0.2) is 30.3 Å². The minimum absolute atomic E-state index is 0.139. The first-order valence-electron chi connectivity index (χ1n) is 10.3. The van der Waals surface area contributed by atoms with Gasteiger partial charge in [0.2, 0.25) is 0 Å². The average Bonchev–Trinajstić information content (AvgIpc) is 2.77. The lowest BCUT2D eigenvalue weighted by Gasteiger charge is -2.14. The van der Waals surface area contributed by atoms with E-state index in [4.69, 9.17) is 43.4 Å². The summed E-state index contributed by atoms with van der Waals surface area (Å²) in [5, 5.41) is 33.5. The van der Waals surface area contributed by atoms with E-state index in [2.05, 4.69) is 4.74 Å². The Morgan fingerprint density at radius 2 is 1.48 bits per heavy atom. The van der Waals surface area contributed by atoms with Gasteiger partial charge >= 0.3 is 17.9 Å². The molecule has 12 nitrogen and oxygen atoms in total. The molecule has 0 aliphatic carbocycles. The van der Waals surface area contributed by atoms with E-state index in [1.54, 1.807) is 0 Å². The summed E-state index contributed by atoms with van der Waals surface area (Å²) in [5.74, 6) is -2.79. The number of nitrogens with two attached hydrogens (primary N) is 4. The summed E-state index contributed by atoms with van der Waals surface area (Å²) in [6.07, 6.45) is -0.356. The van der Waals surface area contributed by atoms with E-state index in [9.17, 15) is 14.4 Å². The molecule has 1 rings (SSSR count). The lowest BCUT2D eigenvalue weighted by atomic mass is 10.1. The van der Waals surface area contributed by atoms with E-state index in [-0.39, 0.29) is 6.61 Å². The molecule has 0 amide bonds. The highest BCUT2D eigenvalue weighted by atomic mass is 16.6. The standard InChI is InChI=1S/C9H19N3O4.C9H11NO2.C3H8O2/c1-5(13)7(12)9(15)16-8(14)6(11)3-2-4-10;10-8(9(11)12)6-7-4-2-1-3-5-7;1-3(5)2-4/h5-7,13H,2-4,10-12H2,1H3;1-5,8H,6,10H2,(H,11,12);3-5H,2H2,1H3/t5-,6+,7+;8-;/m10./s1. The molecule has 0 bridgehead atoms. The third kappa shape index (κ3) is 17.7. The zero-order valence-electron chi connectivity index (χ0n) is 19.0. The van der Waals surface area contributed by atoms with Crippen LogP contribution in [0.5, 0.6) is 0 Å². The summed E-state index contributed by atoms with van der Waals surface area (Å²) in [7, 11) is 0. The first-order valence-corrected chi connectivity index (χ1v) is 10.3. The summed E-state index contributed by atoms with van der Waals surface area (Å²) in [6, 6.07) is 6.40. The Bertz CT molecular complexity index is 673. The molecule has 0 spiro atoms. The van der Waals surface area contributed by atoms with Crippen LogP contribution < -0.4 is 22.9 Å². The van der Waals surface area contributed by atoms with Crippen molar-refractivity contribution in [3.8, 4) is 0 Å². The molecular weight excluding hydrogens is 436 g/mol. The van der Waals surface area contributed by atoms with Crippen molar-refractivity contribution in [1.82, 2.24) is 0 Å². The van der Waals surface area contributed by atoms with Crippen molar-refractivity contribution >= 4 is 17.9 Å². The summed E-state index contributed by atoms with van der Waals surface area (Å²) in [4.78, 5) is 32.8. The quantitative estimate of drug-likeness (QED) is 0.133. The Morgan fingerprint density at radius 1 is 0.970 bits per heavy atom. The molecule has 0 radical (unpaired) electrons. The zero-order valence-corrected chi connectivity index (χ0v) is 19.0. The minimum Gasteiger partial charge on any atom is -0.480 e. The van der Waals surface area contributed by atoms with Gasteiger partial charge in [0.15, 0.2) is 0 Å². The van der Waals surface area contributed by atoms with Crippen molar-refractivity contribution in [2.75, 3.05) is 13.2 Å². The number of carboxylic acid groups (broad SMARTS) is 1. The fourth-order valence-corrected chi connectivity index (χ4v) is 1.85. The Hall–Kier alpha value is -2.45. The van der Waals surface area contributed by atoms with Gasteiger partial charge in [-0.1, -0.05) is 30.3 Å².